The molecule has 1 amide bonds. The molecule has 0 spiro atoms. The molecule has 0 radical (unpaired) electrons. The summed E-state index contributed by atoms with van der Waals surface area (Å²) in [6, 6.07) is 0.0976. The fourth-order valence-electron chi connectivity index (χ4n) is 1.08. The van der Waals surface area contributed by atoms with E-state index in [0.29, 0.717) is 5.56 Å². The van der Waals surface area contributed by atoms with Crippen LogP contribution in [0.25, 0.3) is 0 Å². The van der Waals surface area contributed by atoms with Crippen LogP contribution in [-0.4, -0.2) is 21.7 Å². The van der Waals surface area contributed by atoms with Gasteiger partial charge in [-0.05, 0) is 13.8 Å². The van der Waals surface area contributed by atoms with Crippen LogP contribution in [0.2, 0.25) is 0 Å². The molecule has 0 aliphatic heterocycles. The summed E-state index contributed by atoms with van der Waals surface area (Å²) in [5.41, 5.74) is 0.715. The van der Waals surface area contributed by atoms with Crippen LogP contribution in [0.4, 0.5) is 0 Å². The number of nitrogens with one attached hydrogen (secondary N) is 1. The van der Waals surface area contributed by atoms with Crippen LogP contribution < -0.4 is 5.32 Å². The third-order valence-electron chi connectivity index (χ3n) is 1.68. The Labute approximate surface area is 88.2 Å². The van der Waals surface area contributed by atoms with E-state index in [4.69, 9.17) is 11.6 Å². The smallest absolute Gasteiger partial charge is 0.242 e. The first-order valence-electron chi connectivity index (χ1n) is 4.43. The zero-order valence-corrected chi connectivity index (χ0v) is 9.25. The number of halogens is 1. The van der Waals surface area contributed by atoms with E-state index in [9.17, 15) is 4.79 Å². The maximum Gasteiger partial charge on any atom is 0.242 e. The standard InChI is InChI=1S/C9H14ClN3O/c1-6(2)12-9(14)8(10)7-4-11-13(3)5-7/h4-6,8H,1-3H3,(H,12,14). The van der Waals surface area contributed by atoms with Gasteiger partial charge in [0.2, 0.25) is 5.91 Å². The molecule has 1 unspecified atom stereocenters. The van der Waals surface area contributed by atoms with E-state index >= 15 is 0 Å². The molecule has 1 aromatic heterocycles. The molecule has 1 atom stereocenters. The number of aromatic nitrogens is 2. The van der Waals surface area contributed by atoms with Crippen molar-refractivity contribution in [2.45, 2.75) is 25.3 Å². The van der Waals surface area contributed by atoms with Crippen molar-refractivity contribution in [1.82, 2.24) is 15.1 Å². The maximum absolute atomic E-state index is 11.5. The third kappa shape index (κ3) is 2.73. The first kappa shape index (κ1) is 11.0. The van der Waals surface area contributed by atoms with Crippen LogP contribution in [0.1, 0.15) is 24.8 Å². The number of carbonyl (C=O) groups is 1. The van der Waals surface area contributed by atoms with Gasteiger partial charge in [0.15, 0.2) is 0 Å². The van der Waals surface area contributed by atoms with Crippen molar-refractivity contribution >= 4 is 17.5 Å². The van der Waals surface area contributed by atoms with Gasteiger partial charge < -0.3 is 5.32 Å². The summed E-state index contributed by atoms with van der Waals surface area (Å²) in [5.74, 6) is -0.185. The molecule has 1 aromatic rings. The monoisotopic (exact) mass is 215 g/mol. The second-order valence-electron chi connectivity index (χ2n) is 3.47. The highest BCUT2D eigenvalue weighted by Gasteiger charge is 2.19. The van der Waals surface area contributed by atoms with E-state index in [-0.39, 0.29) is 11.9 Å². The van der Waals surface area contributed by atoms with Gasteiger partial charge in [-0.15, -0.1) is 11.6 Å². The Hall–Kier alpha value is -1.03. The maximum atomic E-state index is 11.5. The van der Waals surface area contributed by atoms with Crippen molar-refractivity contribution < 1.29 is 4.79 Å². The average molecular weight is 216 g/mol. The Morgan fingerprint density at radius 1 is 1.64 bits per heavy atom. The van der Waals surface area contributed by atoms with Crippen molar-refractivity contribution in [2.75, 3.05) is 0 Å². The summed E-state index contributed by atoms with van der Waals surface area (Å²) in [6.07, 6.45) is 3.33. The Bertz CT molecular complexity index is 322. The number of amides is 1. The molecule has 0 aliphatic carbocycles. The van der Waals surface area contributed by atoms with Crippen LogP contribution in [0.3, 0.4) is 0 Å². The molecular formula is C9H14ClN3O. The molecular weight excluding hydrogens is 202 g/mol. The normalized spacial score (nSPS) is 12.9. The van der Waals surface area contributed by atoms with E-state index in [0.717, 1.165) is 0 Å². The lowest BCUT2D eigenvalue weighted by molar-refractivity contribution is -0.121. The largest absolute Gasteiger partial charge is 0.352 e. The number of hydrogen-bond acceptors (Lipinski definition) is 2. The molecule has 14 heavy (non-hydrogen) atoms. The predicted octanol–water partition coefficient (Wildman–Crippen LogP) is 1.22. The minimum absolute atomic E-state index is 0.0976. The SMILES string of the molecule is CC(C)NC(=O)C(Cl)c1cnn(C)c1. The van der Waals surface area contributed by atoms with Gasteiger partial charge in [-0.25, -0.2) is 0 Å². The van der Waals surface area contributed by atoms with E-state index in [1.165, 1.54) is 0 Å². The summed E-state index contributed by atoms with van der Waals surface area (Å²) in [4.78, 5) is 11.5. The Balaban J connectivity index is 2.65. The van der Waals surface area contributed by atoms with E-state index in [2.05, 4.69) is 10.4 Å². The lowest BCUT2D eigenvalue weighted by Gasteiger charge is -2.11. The first-order valence-corrected chi connectivity index (χ1v) is 4.87. The van der Waals surface area contributed by atoms with Gasteiger partial charge in [-0.1, -0.05) is 0 Å². The number of aryl methyl sites for hydroxylation is 1. The molecule has 0 aliphatic rings. The highest BCUT2D eigenvalue weighted by Crippen LogP contribution is 2.19. The van der Waals surface area contributed by atoms with Gasteiger partial charge in [-0.3, -0.25) is 9.48 Å². The predicted molar refractivity (Wildman–Crippen MR) is 55.1 cm³/mol. The van der Waals surface area contributed by atoms with Gasteiger partial charge in [0, 0.05) is 24.8 Å². The second kappa shape index (κ2) is 4.46. The summed E-state index contributed by atoms with van der Waals surface area (Å²) in [5, 5.41) is 6.03. The lowest BCUT2D eigenvalue weighted by Crippen LogP contribution is -2.32. The van der Waals surface area contributed by atoms with Crippen molar-refractivity contribution in [3.05, 3.63) is 18.0 Å². The third-order valence-corrected chi connectivity index (χ3v) is 2.13. The summed E-state index contributed by atoms with van der Waals surface area (Å²) in [7, 11) is 1.79. The van der Waals surface area contributed by atoms with Crippen molar-refractivity contribution in [3.63, 3.8) is 0 Å². The van der Waals surface area contributed by atoms with Crippen molar-refractivity contribution in [3.8, 4) is 0 Å². The lowest BCUT2D eigenvalue weighted by atomic mass is 10.2. The van der Waals surface area contributed by atoms with Gasteiger partial charge in [0.25, 0.3) is 0 Å². The van der Waals surface area contributed by atoms with E-state index in [1.807, 2.05) is 13.8 Å². The summed E-state index contributed by atoms with van der Waals surface area (Å²) in [6.45, 7) is 3.79. The van der Waals surface area contributed by atoms with Crippen LogP contribution in [-0.2, 0) is 11.8 Å². The number of carbonyl (C=O) groups excluding carboxylic acids is 1. The molecule has 78 valence electrons. The number of alkyl halides is 1. The molecule has 1 N–H and O–H groups in total. The van der Waals surface area contributed by atoms with Crippen molar-refractivity contribution in [2.24, 2.45) is 7.05 Å². The highest BCUT2D eigenvalue weighted by atomic mass is 35.5. The fourth-order valence-corrected chi connectivity index (χ4v) is 1.26. The molecule has 0 aromatic carbocycles. The van der Waals surface area contributed by atoms with Gasteiger partial charge in [0.05, 0.1) is 6.20 Å². The first-order chi connectivity index (χ1) is 6.50. The molecule has 0 saturated carbocycles. The Morgan fingerprint density at radius 3 is 2.71 bits per heavy atom. The molecule has 0 fully saturated rings. The number of rotatable bonds is 3. The molecule has 4 nitrogen and oxygen atoms in total. The summed E-state index contributed by atoms with van der Waals surface area (Å²) >= 11 is 5.95. The van der Waals surface area contributed by atoms with E-state index < -0.39 is 5.38 Å². The summed E-state index contributed by atoms with van der Waals surface area (Å²) < 4.78 is 1.62. The van der Waals surface area contributed by atoms with E-state index in [1.54, 1.807) is 24.1 Å². The highest BCUT2D eigenvalue weighted by molar-refractivity contribution is 6.30. The average Bonchev–Trinajstić information content (AvgIpc) is 2.49. The number of nitrogens with zero attached hydrogens (tertiary/aromatic N) is 2. The van der Waals surface area contributed by atoms with Gasteiger partial charge >= 0.3 is 0 Å². The van der Waals surface area contributed by atoms with Crippen molar-refractivity contribution in [1.29, 1.82) is 0 Å². The Kier molecular flexibility index (Phi) is 3.52. The second-order valence-corrected chi connectivity index (χ2v) is 3.91. The fraction of sp³-hybridized carbons (Fsp3) is 0.556. The quantitative estimate of drug-likeness (QED) is 0.771. The topological polar surface area (TPSA) is 46.9 Å². The van der Waals surface area contributed by atoms with Crippen LogP contribution in [0.15, 0.2) is 12.4 Å². The minimum atomic E-state index is -0.661. The molecule has 5 heteroatoms. The van der Waals surface area contributed by atoms with Gasteiger partial charge in [-0.2, -0.15) is 5.10 Å². The van der Waals surface area contributed by atoms with Crippen LogP contribution in [0.5, 0.6) is 0 Å². The molecule has 1 rings (SSSR count). The molecule has 0 saturated heterocycles. The molecule has 1 heterocycles. The van der Waals surface area contributed by atoms with Crippen LogP contribution in [0, 0.1) is 0 Å². The van der Waals surface area contributed by atoms with Gasteiger partial charge in [0.1, 0.15) is 5.38 Å². The Morgan fingerprint density at radius 2 is 2.29 bits per heavy atom. The zero-order chi connectivity index (χ0) is 10.7. The zero-order valence-electron chi connectivity index (χ0n) is 8.49. The van der Waals surface area contributed by atoms with Crippen LogP contribution >= 0.6 is 11.6 Å². The minimum Gasteiger partial charge on any atom is -0.352 e. The number of hydrogen-bond donors (Lipinski definition) is 1. The molecule has 0 bridgehead atoms.